The number of hydrogen-bond donors (Lipinski definition) is 0. The van der Waals surface area contributed by atoms with Crippen molar-refractivity contribution in [2.24, 2.45) is 0 Å². The molecule has 5 heterocycles. The smallest absolute Gasteiger partial charge is 0.264 e. The number of fused-ring (bicyclic) bond motifs is 10. The Labute approximate surface area is 531 Å². The van der Waals surface area contributed by atoms with Gasteiger partial charge in [-0.15, -0.1) is 0 Å². The Hall–Kier alpha value is -7.47. The molecule has 4 nitrogen and oxygen atoms in total. The first-order valence-corrected chi connectivity index (χ1v) is 33.1. The summed E-state index contributed by atoms with van der Waals surface area (Å²) in [5.74, 6) is 0. The van der Waals surface area contributed by atoms with Crippen molar-refractivity contribution in [2.45, 2.75) is 176 Å². The van der Waals surface area contributed by atoms with Crippen LogP contribution in [0.1, 0.15) is 183 Å². The van der Waals surface area contributed by atoms with E-state index >= 15 is 0 Å². The van der Waals surface area contributed by atoms with E-state index in [1.54, 1.807) is 0 Å². The normalized spacial score (nSPS) is 15.9. The quantitative estimate of drug-likeness (QED) is 0.163. The van der Waals surface area contributed by atoms with Crippen molar-refractivity contribution in [3.8, 4) is 0 Å². The Morgan fingerprint density at radius 3 is 1.08 bits per heavy atom. The van der Waals surface area contributed by atoms with E-state index in [1.807, 2.05) is 0 Å². The number of rotatable bonds is 4. The second-order valence-corrected chi connectivity index (χ2v) is 33.9. The largest absolute Gasteiger partial charge is 0.311 e. The van der Waals surface area contributed by atoms with Gasteiger partial charge in [-0.1, -0.05) is 235 Å². The van der Waals surface area contributed by atoms with Gasteiger partial charge in [-0.2, -0.15) is 11.3 Å². The van der Waals surface area contributed by atoms with Gasteiger partial charge in [0.15, 0.2) is 0 Å². The molecule has 0 bridgehead atoms. The van der Waals surface area contributed by atoms with Gasteiger partial charge in [0.05, 0.1) is 11.4 Å². The van der Waals surface area contributed by atoms with Crippen molar-refractivity contribution < 1.29 is 0 Å². The molecule has 8 aromatic carbocycles. The highest BCUT2D eigenvalue weighted by Crippen LogP contribution is 2.60. The van der Waals surface area contributed by atoms with E-state index in [-0.39, 0.29) is 51.3 Å². The average molecular weight is 1170 g/mol. The van der Waals surface area contributed by atoms with Crippen LogP contribution >= 0.6 is 11.3 Å². The van der Waals surface area contributed by atoms with Crippen molar-refractivity contribution in [3.63, 3.8) is 0 Å². The predicted molar refractivity (Wildman–Crippen MR) is 385 cm³/mol. The summed E-state index contributed by atoms with van der Waals surface area (Å²) in [6.45, 7) is 47.2. The fourth-order valence-corrected chi connectivity index (χ4v) is 16.6. The third-order valence-corrected chi connectivity index (χ3v) is 21.5. The molecule has 0 spiro atoms. The van der Waals surface area contributed by atoms with Crippen LogP contribution in [-0.4, -0.2) is 13.4 Å². The first kappa shape index (κ1) is 58.2. The van der Waals surface area contributed by atoms with Gasteiger partial charge in [-0.3, -0.25) is 0 Å². The first-order valence-electron chi connectivity index (χ1n) is 32.3. The molecule has 5 aliphatic rings. The Bertz CT molecular complexity index is 4350. The molecule has 0 atom stereocenters. The van der Waals surface area contributed by atoms with E-state index in [2.05, 4.69) is 339 Å². The summed E-state index contributed by atoms with van der Waals surface area (Å²) in [6, 6.07) is 67.4. The summed E-state index contributed by atoms with van der Waals surface area (Å²) >= 11 is 2.09. The summed E-state index contributed by atoms with van der Waals surface area (Å²) in [7, 11) is 0. The molecule has 1 aromatic heterocycles. The lowest BCUT2D eigenvalue weighted by molar-refractivity contribution is 0.589. The number of hydrogen-bond acceptors (Lipinski definition) is 5. The number of benzene rings is 8. The van der Waals surface area contributed by atoms with Crippen LogP contribution in [0.5, 0.6) is 0 Å². The molecule has 0 saturated carbocycles. The number of anilines is 11. The fraction of sp³-hybridized carbons (Fsp3) is 0.333. The number of allylic oxidation sites excluding steroid dienone is 1. The number of nitrogens with zero attached hydrogens (tertiary/aromatic N) is 4. The lowest BCUT2D eigenvalue weighted by atomic mass is 9.32. The van der Waals surface area contributed by atoms with Crippen molar-refractivity contribution >= 4 is 119 Å². The van der Waals surface area contributed by atoms with E-state index in [0.29, 0.717) is 0 Å². The lowest BCUT2D eigenvalue weighted by Gasteiger charge is -2.47. The zero-order valence-electron chi connectivity index (χ0n) is 56.0. The molecule has 4 aliphatic heterocycles. The zero-order valence-corrected chi connectivity index (χ0v) is 56.8. The summed E-state index contributed by atoms with van der Waals surface area (Å²) in [5.41, 5.74) is 30.3. The second-order valence-electron chi connectivity index (χ2n) is 32.8. The van der Waals surface area contributed by atoms with Crippen molar-refractivity contribution in [1.29, 1.82) is 0 Å². The number of para-hydroxylation sites is 1. The summed E-state index contributed by atoms with van der Waals surface area (Å²) in [5, 5.41) is 0. The van der Waals surface area contributed by atoms with Gasteiger partial charge in [-0.05, 0) is 167 Å². The molecule has 0 saturated heterocycles. The maximum absolute atomic E-state index is 2.75. The van der Waals surface area contributed by atoms with Gasteiger partial charge >= 0.3 is 0 Å². The minimum atomic E-state index is -0.336. The highest BCUT2D eigenvalue weighted by Gasteiger charge is 2.57. The molecule has 444 valence electrons. The van der Waals surface area contributed by atoms with Crippen molar-refractivity contribution in [1.82, 2.24) is 0 Å². The van der Waals surface area contributed by atoms with Crippen LogP contribution in [0.2, 0.25) is 0 Å². The van der Waals surface area contributed by atoms with Crippen LogP contribution in [0, 0.1) is 0 Å². The van der Waals surface area contributed by atoms with Crippen molar-refractivity contribution in [2.75, 3.05) is 19.6 Å². The van der Waals surface area contributed by atoms with E-state index in [4.69, 9.17) is 0 Å². The molecule has 1 aliphatic carbocycles. The monoisotopic (exact) mass is 1170 g/mol. The van der Waals surface area contributed by atoms with Gasteiger partial charge in [-0.25, -0.2) is 0 Å². The van der Waals surface area contributed by atoms with E-state index in [1.165, 1.54) is 144 Å². The lowest BCUT2D eigenvalue weighted by Crippen LogP contribution is -2.60. The van der Waals surface area contributed by atoms with Gasteiger partial charge in [0.1, 0.15) is 0 Å². The van der Waals surface area contributed by atoms with Gasteiger partial charge in [0, 0.05) is 77.4 Å². The van der Waals surface area contributed by atoms with Crippen LogP contribution in [0.15, 0.2) is 175 Å². The van der Waals surface area contributed by atoms with Crippen LogP contribution in [0.25, 0.3) is 5.70 Å². The molecular weight excluding hydrogens is 1080 g/mol. The standard InChI is InChI=1S/C81H88B2N4S/c1-75(2,3)49-29-37-55(38-30-49)84-62-28-24-23-27-61(62)82-67-63(84)45-53(79(13,14)15)46-64(67)86(57-41-33-51(34-42-57)77(7,8)9)70-71-74(88-73(70)82)83-68-65(47-54(80(16,17)18)48-66(68)87(71)58-43-35-52(36-44-58)78(10,11)12)85(56-39-31-50(32-40-56)76(4,5)6)69-59-25-21-22-26-60(59)81(19,20)72(69)83/h21-48H,1-20H3. The minimum absolute atomic E-state index is 0.00697. The molecule has 88 heavy (non-hydrogen) atoms. The Kier molecular flexibility index (Phi) is 12.8. The van der Waals surface area contributed by atoms with Crippen LogP contribution in [-0.2, 0) is 37.9 Å². The average Bonchev–Trinajstić information content (AvgIpc) is 1.41. The van der Waals surface area contributed by atoms with Crippen LogP contribution in [0.4, 0.5) is 62.6 Å². The highest BCUT2D eigenvalue weighted by atomic mass is 32.1. The van der Waals surface area contributed by atoms with E-state index in [9.17, 15) is 0 Å². The molecular formula is C81H88B2N4S. The maximum Gasteiger partial charge on any atom is 0.264 e. The molecule has 0 fully saturated rings. The van der Waals surface area contributed by atoms with Gasteiger partial charge < -0.3 is 19.6 Å². The van der Waals surface area contributed by atoms with Gasteiger partial charge in [0.25, 0.3) is 13.4 Å². The summed E-state index contributed by atoms with van der Waals surface area (Å²) < 4.78 is 2.78. The Morgan fingerprint density at radius 1 is 0.330 bits per heavy atom. The minimum Gasteiger partial charge on any atom is -0.311 e. The topological polar surface area (TPSA) is 13.0 Å². The molecule has 7 heteroatoms. The third-order valence-electron chi connectivity index (χ3n) is 20.2. The SMILES string of the molecule is CC(C)(C)c1ccc(N2C3=C(B4c5sc6c(c5N(c5ccc(C(C)(C)C)cc5)c5cc(C(C)(C)C)cc2c54)N(c2ccc(C(C)(C)C)cc2)c2cc(C(C)(C)C)cc4c2B6c2ccccc2N4c2ccc(C(C)(C)C)cc2)C(C)(C)c2ccccc23)cc1. The van der Waals surface area contributed by atoms with E-state index in [0.717, 1.165) is 0 Å². The summed E-state index contributed by atoms with van der Waals surface area (Å²) in [4.78, 5) is 10.8. The number of thiophene rings is 1. The molecule has 14 rings (SSSR count). The van der Waals surface area contributed by atoms with Crippen LogP contribution in [0.3, 0.4) is 0 Å². The van der Waals surface area contributed by atoms with E-state index < -0.39 is 0 Å². The highest BCUT2D eigenvalue weighted by molar-refractivity contribution is 7.38. The molecule has 9 aromatic rings. The third kappa shape index (κ3) is 8.88. The molecule has 0 unspecified atom stereocenters. The Morgan fingerprint density at radius 2 is 0.659 bits per heavy atom. The van der Waals surface area contributed by atoms with Crippen molar-refractivity contribution in [3.05, 3.63) is 220 Å². The fourth-order valence-electron chi connectivity index (χ4n) is 15.1. The molecule has 0 N–H and O–H groups in total. The maximum atomic E-state index is 2.75. The summed E-state index contributed by atoms with van der Waals surface area (Å²) in [6.07, 6.45) is 0. The zero-order chi connectivity index (χ0) is 62.5. The van der Waals surface area contributed by atoms with Crippen LogP contribution < -0.4 is 45.5 Å². The molecule has 0 amide bonds. The molecule has 0 radical (unpaired) electrons. The first-order chi connectivity index (χ1) is 41.2. The van der Waals surface area contributed by atoms with Gasteiger partial charge in [0.2, 0.25) is 0 Å². The second kappa shape index (κ2) is 19.3. The Balaban J connectivity index is 1.15. The predicted octanol–water partition coefficient (Wildman–Crippen LogP) is 19.4.